The number of imidazole rings is 1. The van der Waals surface area contributed by atoms with Gasteiger partial charge in [0.25, 0.3) is 5.91 Å². The topological polar surface area (TPSA) is 95.9 Å². The largest absolute Gasteiger partial charge is 0.337 e. The summed E-state index contributed by atoms with van der Waals surface area (Å²) in [5, 5.41) is 10.5. The monoisotopic (exact) mass is 342 g/mol. The molecule has 1 saturated heterocycles. The normalized spacial score (nSPS) is 20.4. The zero-order chi connectivity index (χ0) is 17.4. The molecule has 1 fully saturated rings. The molecule has 2 aliphatic heterocycles. The predicted octanol–water partition coefficient (Wildman–Crippen LogP) is 0.524. The molecule has 0 spiro atoms. The van der Waals surface area contributed by atoms with Crippen LogP contribution in [0.3, 0.4) is 0 Å². The van der Waals surface area contributed by atoms with Crippen LogP contribution < -0.4 is 5.32 Å². The van der Waals surface area contributed by atoms with Crippen LogP contribution in [0.15, 0.2) is 12.4 Å². The van der Waals surface area contributed by atoms with Gasteiger partial charge in [0.15, 0.2) is 11.5 Å². The maximum Gasteiger partial charge on any atom is 0.274 e. The summed E-state index contributed by atoms with van der Waals surface area (Å²) < 4.78 is 1.74. The average molecular weight is 342 g/mol. The van der Waals surface area contributed by atoms with Crippen molar-refractivity contribution in [2.75, 3.05) is 19.6 Å². The minimum atomic E-state index is -0.199. The number of amides is 1. The van der Waals surface area contributed by atoms with Crippen molar-refractivity contribution in [3.63, 3.8) is 0 Å². The molecule has 0 aliphatic carbocycles. The molecule has 132 valence electrons. The van der Waals surface area contributed by atoms with E-state index in [2.05, 4.69) is 20.5 Å². The van der Waals surface area contributed by atoms with Crippen molar-refractivity contribution >= 4 is 11.7 Å². The second-order valence-electron chi connectivity index (χ2n) is 6.77. The molecule has 8 heteroatoms. The van der Waals surface area contributed by atoms with Crippen LogP contribution in [0.4, 0.5) is 0 Å². The van der Waals surface area contributed by atoms with Gasteiger partial charge in [-0.05, 0) is 25.8 Å². The highest BCUT2D eigenvalue weighted by molar-refractivity contribution is 5.97. The number of nitrogens with zero attached hydrogens (tertiary/aromatic N) is 4. The number of aromatic nitrogens is 4. The smallest absolute Gasteiger partial charge is 0.274 e. The lowest BCUT2D eigenvalue weighted by atomic mass is 9.92. The number of hydrogen-bond donors (Lipinski definition) is 2. The number of hydrogen-bond acceptors (Lipinski definition) is 5. The van der Waals surface area contributed by atoms with Gasteiger partial charge in [-0.3, -0.25) is 14.7 Å². The Bertz CT molecular complexity index is 808. The van der Waals surface area contributed by atoms with E-state index in [-0.39, 0.29) is 17.6 Å². The summed E-state index contributed by atoms with van der Waals surface area (Å²) in [7, 11) is 1.82. The first-order valence-electron chi connectivity index (χ1n) is 8.73. The van der Waals surface area contributed by atoms with Crippen LogP contribution in [0, 0.1) is 5.92 Å². The van der Waals surface area contributed by atoms with Crippen molar-refractivity contribution in [3.05, 3.63) is 35.2 Å². The molecule has 0 radical (unpaired) electrons. The first-order valence-corrected chi connectivity index (χ1v) is 8.73. The Morgan fingerprint density at radius 1 is 1.36 bits per heavy atom. The van der Waals surface area contributed by atoms with E-state index in [0.717, 1.165) is 43.6 Å². The fraction of sp³-hybridized carbons (Fsp3) is 0.529. The molecule has 1 atom stereocenters. The van der Waals surface area contributed by atoms with Gasteiger partial charge in [0.05, 0.1) is 5.69 Å². The minimum Gasteiger partial charge on any atom is -0.337 e. The van der Waals surface area contributed by atoms with Crippen molar-refractivity contribution in [2.24, 2.45) is 13.0 Å². The molecule has 1 unspecified atom stereocenters. The van der Waals surface area contributed by atoms with E-state index in [1.165, 1.54) is 0 Å². The average Bonchev–Trinajstić information content (AvgIpc) is 3.27. The molecule has 25 heavy (non-hydrogen) atoms. The third-order valence-electron chi connectivity index (χ3n) is 5.13. The highest BCUT2D eigenvalue weighted by atomic mass is 16.2. The van der Waals surface area contributed by atoms with Gasteiger partial charge in [-0.1, -0.05) is 0 Å². The molecule has 4 rings (SSSR count). The summed E-state index contributed by atoms with van der Waals surface area (Å²) in [4.78, 5) is 31.6. The Kier molecular flexibility index (Phi) is 4.12. The number of Topliss-reactive ketones (excluding diaryl/α,β-unsaturated/α-hetero) is 1. The molecule has 4 heterocycles. The van der Waals surface area contributed by atoms with Crippen LogP contribution in [0.2, 0.25) is 0 Å². The first kappa shape index (κ1) is 16.0. The van der Waals surface area contributed by atoms with E-state index in [4.69, 9.17) is 0 Å². The number of carbonyl (C=O) groups excluding carboxylic acids is 2. The van der Waals surface area contributed by atoms with Gasteiger partial charge < -0.3 is 14.8 Å². The molecule has 0 aromatic carbocycles. The van der Waals surface area contributed by atoms with Crippen LogP contribution in [0.1, 0.15) is 45.2 Å². The zero-order valence-electron chi connectivity index (χ0n) is 14.3. The lowest BCUT2D eigenvalue weighted by Gasteiger charge is -2.31. The highest BCUT2D eigenvalue weighted by Crippen LogP contribution is 2.23. The van der Waals surface area contributed by atoms with Crippen LogP contribution in [-0.2, 0) is 20.0 Å². The predicted molar refractivity (Wildman–Crippen MR) is 90.2 cm³/mol. The highest BCUT2D eigenvalue weighted by Gasteiger charge is 2.33. The summed E-state index contributed by atoms with van der Waals surface area (Å²) in [6.07, 6.45) is 5.81. The number of carbonyl (C=O) groups is 2. The Hall–Kier alpha value is -2.48. The molecule has 2 N–H and O–H groups in total. The Morgan fingerprint density at radius 3 is 3.04 bits per heavy atom. The summed E-state index contributed by atoms with van der Waals surface area (Å²) in [5.41, 5.74) is 2.52. The lowest BCUT2D eigenvalue weighted by Crippen LogP contribution is -2.43. The maximum atomic E-state index is 12.9. The number of likely N-dealkylation sites (tertiary alicyclic amines) is 1. The number of fused-ring (bicyclic) bond motifs is 1. The summed E-state index contributed by atoms with van der Waals surface area (Å²) >= 11 is 0. The molecular formula is C17H22N6O2. The molecule has 0 bridgehead atoms. The van der Waals surface area contributed by atoms with E-state index in [9.17, 15) is 9.59 Å². The maximum absolute atomic E-state index is 12.9. The van der Waals surface area contributed by atoms with E-state index in [1.807, 2.05) is 7.05 Å². The van der Waals surface area contributed by atoms with Crippen molar-refractivity contribution in [3.8, 4) is 0 Å². The second-order valence-corrected chi connectivity index (χ2v) is 6.77. The number of ketones is 1. The number of nitrogens with one attached hydrogen (secondary N) is 2. The molecule has 2 aliphatic rings. The van der Waals surface area contributed by atoms with Gasteiger partial charge in [0.2, 0.25) is 5.78 Å². The SMILES string of the molecule is Cn1ccnc1C(=O)C1CCCN(C(=O)c2n[nH]c3c2CCNC3)C1. The quantitative estimate of drug-likeness (QED) is 0.793. The number of aryl methyl sites for hydroxylation is 1. The fourth-order valence-electron chi connectivity index (χ4n) is 3.73. The van der Waals surface area contributed by atoms with Gasteiger partial charge in [-0.2, -0.15) is 5.10 Å². The van der Waals surface area contributed by atoms with E-state index in [1.54, 1.807) is 21.9 Å². The van der Waals surface area contributed by atoms with Gasteiger partial charge >= 0.3 is 0 Å². The first-order chi connectivity index (χ1) is 12.1. The number of rotatable bonds is 3. The minimum absolute atomic E-state index is 0.0123. The summed E-state index contributed by atoms with van der Waals surface area (Å²) in [5.74, 6) is 0.202. The van der Waals surface area contributed by atoms with Gasteiger partial charge in [0.1, 0.15) is 0 Å². The third kappa shape index (κ3) is 2.86. The Labute approximate surface area is 145 Å². The summed E-state index contributed by atoms with van der Waals surface area (Å²) in [6.45, 7) is 2.68. The lowest BCUT2D eigenvalue weighted by molar-refractivity contribution is 0.0627. The van der Waals surface area contributed by atoms with Crippen molar-refractivity contribution in [1.82, 2.24) is 30.0 Å². The van der Waals surface area contributed by atoms with Crippen molar-refractivity contribution in [1.29, 1.82) is 0 Å². The number of H-pyrrole nitrogens is 1. The zero-order valence-corrected chi connectivity index (χ0v) is 14.3. The molecule has 0 saturated carbocycles. The van der Waals surface area contributed by atoms with Crippen LogP contribution in [-0.4, -0.2) is 56.0 Å². The van der Waals surface area contributed by atoms with Crippen molar-refractivity contribution in [2.45, 2.75) is 25.8 Å². The fourth-order valence-corrected chi connectivity index (χ4v) is 3.73. The van der Waals surface area contributed by atoms with Crippen LogP contribution in [0.5, 0.6) is 0 Å². The molecule has 1 amide bonds. The van der Waals surface area contributed by atoms with Gasteiger partial charge in [0, 0.05) is 50.6 Å². The number of aromatic amines is 1. The van der Waals surface area contributed by atoms with Crippen molar-refractivity contribution < 1.29 is 9.59 Å². The van der Waals surface area contributed by atoms with Gasteiger partial charge in [-0.25, -0.2) is 4.98 Å². The molecule has 2 aromatic rings. The van der Waals surface area contributed by atoms with Crippen LogP contribution in [0.25, 0.3) is 0 Å². The van der Waals surface area contributed by atoms with E-state index < -0.39 is 0 Å². The summed E-state index contributed by atoms with van der Waals surface area (Å²) in [6, 6.07) is 0. The Balaban J connectivity index is 1.51. The van der Waals surface area contributed by atoms with Gasteiger partial charge in [-0.15, -0.1) is 0 Å². The Morgan fingerprint density at radius 2 is 2.24 bits per heavy atom. The molecular weight excluding hydrogens is 320 g/mol. The van der Waals surface area contributed by atoms with E-state index in [0.29, 0.717) is 24.6 Å². The van der Waals surface area contributed by atoms with Crippen LogP contribution >= 0.6 is 0 Å². The third-order valence-corrected chi connectivity index (χ3v) is 5.13. The second kappa shape index (κ2) is 6.44. The standard InChI is InChI=1S/C17H22N6O2/c1-22-8-6-19-16(22)15(24)11-3-2-7-23(10-11)17(25)14-12-4-5-18-9-13(12)20-21-14/h6,8,11,18H,2-5,7,9-10H2,1H3,(H,20,21). The number of piperidine rings is 1. The van der Waals surface area contributed by atoms with E-state index >= 15 is 0 Å². The molecule has 8 nitrogen and oxygen atoms in total. The molecule has 2 aromatic heterocycles.